The minimum atomic E-state index is -0.132. The maximum atomic E-state index is 13.2. The average Bonchev–Trinajstić information content (AvgIpc) is 3.14. The number of anilines is 1. The van der Waals surface area contributed by atoms with Crippen molar-refractivity contribution in [3.8, 4) is 17.6 Å². The minimum absolute atomic E-state index is 0.132. The van der Waals surface area contributed by atoms with Gasteiger partial charge in [-0.1, -0.05) is 11.3 Å². The van der Waals surface area contributed by atoms with Crippen LogP contribution in [-0.4, -0.2) is 51.3 Å². The van der Waals surface area contributed by atoms with E-state index in [0.717, 1.165) is 16.8 Å². The fraction of sp³-hybridized carbons (Fsp3) is 0.286. The van der Waals surface area contributed by atoms with E-state index in [-0.39, 0.29) is 5.91 Å². The van der Waals surface area contributed by atoms with Crippen LogP contribution in [-0.2, 0) is 0 Å². The average molecular weight is 409 g/mol. The molecule has 0 radical (unpaired) electrons. The van der Waals surface area contributed by atoms with E-state index in [1.807, 2.05) is 26.2 Å². The molecule has 0 unspecified atom stereocenters. The largest absolute Gasteiger partial charge is 0.486 e. The molecule has 1 aliphatic rings. The number of nitrogens with zero attached hydrogens (tertiary/aromatic N) is 3. The molecule has 0 aliphatic carbocycles. The summed E-state index contributed by atoms with van der Waals surface area (Å²) in [7, 11) is 4.09. The third kappa shape index (κ3) is 4.01. The number of aromatic nitrogens is 1. The Hall–Kier alpha value is -3.15. The van der Waals surface area contributed by atoms with Gasteiger partial charge in [-0.15, -0.1) is 0 Å². The second-order valence-electron chi connectivity index (χ2n) is 7.06. The number of amides is 1. The molecule has 0 bridgehead atoms. The molecule has 7 nitrogen and oxygen atoms in total. The van der Waals surface area contributed by atoms with E-state index in [1.54, 1.807) is 29.2 Å². The van der Waals surface area contributed by atoms with Crippen molar-refractivity contribution in [1.29, 1.82) is 5.26 Å². The molecule has 0 atom stereocenters. The molecule has 0 saturated carbocycles. The van der Waals surface area contributed by atoms with Gasteiger partial charge in [0, 0.05) is 17.7 Å². The van der Waals surface area contributed by atoms with Crippen molar-refractivity contribution in [2.75, 3.05) is 45.3 Å². The number of carbonyl (C=O) groups excluding carboxylic acids is 1. The van der Waals surface area contributed by atoms with Gasteiger partial charge in [0.1, 0.15) is 13.2 Å². The summed E-state index contributed by atoms with van der Waals surface area (Å²) in [4.78, 5) is 20.9. The summed E-state index contributed by atoms with van der Waals surface area (Å²) in [5.41, 5.74) is 1.84. The van der Waals surface area contributed by atoms with Crippen molar-refractivity contribution >= 4 is 32.6 Å². The third-order valence-corrected chi connectivity index (χ3v) is 5.65. The Kier molecular flexibility index (Phi) is 5.34. The first-order valence-corrected chi connectivity index (χ1v) is 10.2. The number of ether oxygens (including phenoxy) is 2. The lowest BCUT2D eigenvalue weighted by atomic mass is 10.1. The van der Waals surface area contributed by atoms with Gasteiger partial charge in [-0.25, -0.2) is 4.98 Å². The Bertz CT molecular complexity index is 1040. The summed E-state index contributed by atoms with van der Waals surface area (Å²) in [6.45, 7) is 2.36. The fourth-order valence-corrected chi connectivity index (χ4v) is 4.03. The summed E-state index contributed by atoms with van der Waals surface area (Å²) in [6.07, 6.45) is 0. The molecule has 29 heavy (non-hydrogen) atoms. The molecule has 1 aromatic heterocycles. The molecule has 1 aliphatic heterocycles. The number of carbonyl (C=O) groups is 1. The molecule has 1 amide bonds. The first-order chi connectivity index (χ1) is 14.0. The lowest BCUT2D eigenvalue weighted by Gasteiger charge is -2.20. The molecule has 2 aromatic carbocycles. The monoisotopic (exact) mass is 409 g/mol. The van der Waals surface area contributed by atoms with Crippen LogP contribution in [0.5, 0.6) is 11.5 Å². The highest BCUT2D eigenvalue weighted by molar-refractivity contribution is 7.22. The third-order valence-electron chi connectivity index (χ3n) is 4.61. The minimum Gasteiger partial charge on any atom is -0.486 e. The van der Waals surface area contributed by atoms with E-state index in [9.17, 15) is 4.79 Å². The van der Waals surface area contributed by atoms with Gasteiger partial charge in [0.25, 0.3) is 5.91 Å². The SMILES string of the molecule is C[NH+](C)CCN(C(=O)c1ccc(C#N)cc1)c1nc2cc3c(cc2s1)OCCO3. The van der Waals surface area contributed by atoms with Crippen LogP contribution in [0.3, 0.4) is 0 Å². The number of quaternary nitrogens is 1. The van der Waals surface area contributed by atoms with Crippen molar-refractivity contribution in [2.24, 2.45) is 0 Å². The first kappa shape index (κ1) is 19.2. The summed E-state index contributed by atoms with van der Waals surface area (Å²) in [5.74, 6) is 1.26. The fourth-order valence-electron chi connectivity index (χ4n) is 3.03. The highest BCUT2D eigenvalue weighted by atomic mass is 32.1. The lowest BCUT2D eigenvalue weighted by molar-refractivity contribution is -0.856. The van der Waals surface area contributed by atoms with E-state index in [4.69, 9.17) is 19.7 Å². The molecule has 0 saturated heterocycles. The van der Waals surface area contributed by atoms with E-state index < -0.39 is 0 Å². The van der Waals surface area contributed by atoms with Crippen LogP contribution in [0.15, 0.2) is 36.4 Å². The molecule has 1 N–H and O–H groups in total. The van der Waals surface area contributed by atoms with Crippen LogP contribution in [0.1, 0.15) is 15.9 Å². The van der Waals surface area contributed by atoms with E-state index in [0.29, 0.717) is 47.5 Å². The number of fused-ring (bicyclic) bond motifs is 2. The molecule has 0 fully saturated rings. The van der Waals surface area contributed by atoms with Gasteiger partial charge >= 0.3 is 0 Å². The number of thiazole rings is 1. The second kappa shape index (κ2) is 8.07. The van der Waals surface area contributed by atoms with Crippen molar-refractivity contribution in [3.63, 3.8) is 0 Å². The zero-order valence-corrected chi connectivity index (χ0v) is 17.1. The quantitative estimate of drug-likeness (QED) is 0.694. The Morgan fingerprint density at radius 2 is 1.90 bits per heavy atom. The second-order valence-corrected chi connectivity index (χ2v) is 8.07. The number of hydrogen-bond acceptors (Lipinski definition) is 6. The van der Waals surface area contributed by atoms with Crippen LogP contribution in [0.2, 0.25) is 0 Å². The summed E-state index contributed by atoms with van der Waals surface area (Å²) in [5, 5.41) is 9.63. The van der Waals surface area contributed by atoms with Crippen LogP contribution in [0.25, 0.3) is 10.2 Å². The van der Waals surface area contributed by atoms with Gasteiger partial charge in [-0.05, 0) is 24.3 Å². The molecule has 0 spiro atoms. The van der Waals surface area contributed by atoms with Crippen LogP contribution in [0, 0.1) is 11.3 Å². The van der Waals surface area contributed by atoms with Gasteiger partial charge in [-0.3, -0.25) is 9.69 Å². The zero-order valence-electron chi connectivity index (χ0n) is 16.3. The van der Waals surface area contributed by atoms with Crippen molar-refractivity contribution in [3.05, 3.63) is 47.5 Å². The van der Waals surface area contributed by atoms with Crippen LogP contribution in [0.4, 0.5) is 5.13 Å². The molecule has 8 heteroatoms. The number of likely N-dealkylation sites (N-methyl/N-ethyl adjacent to an activating group) is 1. The van der Waals surface area contributed by atoms with Gasteiger partial charge in [0.15, 0.2) is 16.6 Å². The maximum absolute atomic E-state index is 13.2. The summed E-state index contributed by atoms with van der Waals surface area (Å²) >= 11 is 1.46. The highest BCUT2D eigenvalue weighted by Crippen LogP contribution is 2.39. The molecule has 2 heterocycles. The Morgan fingerprint density at radius 1 is 1.21 bits per heavy atom. The van der Waals surface area contributed by atoms with Crippen molar-refractivity contribution in [2.45, 2.75) is 0 Å². The normalized spacial score (nSPS) is 12.8. The highest BCUT2D eigenvalue weighted by Gasteiger charge is 2.23. The summed E-state index contributed by atoms with van der Waals surface area (Å²) < 4.78 is 12.3. The Morgan fingerprint density at radius 3 is 2.55 bits per heavy atom. The molecular formula is C21H21N4O3S+. The number of nitrogens with one attached hydrogen (secondary N) is 1. The van der Waals surface area contributed by atoms with E-state index in [2.05, 4.69) is 6.07 Å². The maximum Gasteiger partial charge on any atom is 0.260 e. The van der Waals surface area contributed by atoms with Gasteiger partial charge in [0.05, 0.1) is 49.0 Å². The van der Waals surface area contributed by atoms with E-state index >= 15 is 0 Å². The van der Waals surface area contributed by atoms with Crippen LogP contribution >= 0.6 is 11.3 Å². The molecule has 148 valence electrons. The zero-order chi connectivity index (χ0) is 20.4. The number of hydrogen-bond donors (Lipinski definition) is 1. The van der Waals surface area contributed by atoms with Gasteiger partial charge in [-0.2, -0.15) is 5.26 Å². The standard InChI is InChI=1S/C21H20N4O3S/c1-24(2)7-8-25(20(26)15-5-3-14(13-22)4-6-15)21-23-16-11-17-18(12-19(16)29-21)28-10-9-27-17/h3-6,11-12H,7-10H2,1-2H3/p+1. The van der Waals surface area contributed by atoms with Crippen molar-refractivity contribution in [1.82, 2.24) is 4.98 Å². The first-order valence-electron chi connectivity index (χ1n) is 9.36. The molecule has 4 rings (SSSR count). The molecular weight excluding hydrogens is 388 g/mol. The Labute approximate surface area is 172 Å². The Balaban J connectivity index is 1.70. The number of rotatable bonds is 5. The topological polar surface area (TPSA) is 79.9 Å². The number of nitriles is 1. The van der Waals surface area contributed by atoms with Crippen LogP contribution < -0.4 is 19.3 Å². The van der Waals surface area contributed by atoms with Gasteiger partial charge < -0.3 is 14.4 Å². The lowest BCUT2D eigenvalue weighted by Crippen LogP contribution is -3.06. The van der Waals surface area contributed by atoms with E-state index in [1.165, 1.54) is 16.2 Å². The van der Waals surface area contributed by atoms with Crippen molar-refractivity contribution < 1.29 is 19.2 Å². The number of benzene rings is 2. The predicted molar refractivity (Wildman–Crippen MR) is 111 cm³/mol. The van der Waals surface area contributed by atoms with Gasteiger partial charge in [0.2, 0.25) is 0 Å². The predicted octanol–water partition coefficient (Wildman–Crippen LogP) is 1.73. The molecule has 3 aromatic rings. The summed E-state index contributed by atoms with van der Waals surface area (Å²) in [6, 6.07) is 12.5. The smallest absolute Gasteiger partial charge is 0.260 e.